The maximum absolute atomic E-state index is 12.9. The van der Waals surface area contributed by atoms with Crippen molar-refractivity contribution < 1.29 is 9.04 Å². The maximum Gasteiger partial charge on any atom is 0.483 e. The molecule has 1 aliphatic heterocycles. The second-order valence-electron chi connectivity index (χ2n) is 4.48. The highest BCUT2D eigenvalue weighted by Crippen LogP contribution is 2.28. The predicted octanol–water partition coefficient (Wildman–Crippen LogP) is 2.26. The summed E-state index contributed by atoms with van der Waals surface area (Å²) in [5, 5.41) is 3.36. The summed E-state index contributed by atoms with van der Waals surface area (Å²) in [7, 11) is -0.226. The van der Waals surface area contributed by atoms with Gasteiger partial charge in [-0.2, -0.15) is 0 Å². The average Bonchev–Trinajstić information content (AvgIpc) is 2.39. The van der Waals surface area contributed by atoms with E-state index in [1.165, 1.54) is 12.1 Å². The van der Waals surface area contributed by atoms with Crippen molar-refractivity contribution in [3.63, 3.8) is 0 Å². The Morgan fingerprint density at radius 3 is 2.61 bits per heavy atom. The Morgan fingerprint density at radius 1 is 1.11 bits per heavy atom. The molecule has 0 radical (unpaired) electrons. The molecule has 90 valence electrons. The Hall–Kier alpha value is -1.81. The molecule has 0 saturated heterocycles. The smallest absolute Gasteiger partial charge is 0.483 e. The highest BCUT2D eigenvalue weighted by Gasteiger charge is 2.30. The van der Waals surface area contributed by atoms with Crippen LogP contribution in [0, 0.1) is 5.82 Å². The highest BCUT2D eigenvalue weighted by molar-refractivity contribution is 6.66. The zero-order chi connectivity index (χ0) is 12.5. The Balaban J connectivity index is 1.92. The fourth-order valence-corrected chi connectivity index (χ4v) is 2.23. The van der Waals surface area contributed by atoms with Crippen molar-refractivity contribution in [3.8, 4) is 5.75 Å². The molecule has 2 aromatic carbocycles. The van der Waals surface area contributed by atoms with Gasteiger partial charge in [0, 0.05) is 11.6 Å². The molecule has 1 heterocycles. The van der Waals surface area contributed by atoms with Crippen molar-refractivity contribution in [2.75, 3.05) is 0 Å². The lowest BCUT2D eigenvalue weighted by atomic mass is 9.71. The molecule has 0 fully saturated rings. The minimum absolute atomic E-state index is 0.213. The van der Waals surface area contributed by atoms with E-state index in [4.69, 9.17) is 4.65 Å². The van der Waals surface area contributed by atoms with E-state index in [0.717, 1.165) is 16.8 Å². The molecule has 0 amide bonds. The molecule has 2 nitrogen and oxygen atoms in total. The van der Waals surface area contributed by atoms with Gasteiger partial charge in [-0.1, -0.05) is 30.3 Å². The first-order valence-corrected chi connectivity index (χ1v) is 6.01. The lowest BCUT2D eigenvalue weighted by Crippen LogP contribution is -2.53. The van der Waals surface area contributed by atoms with Crippen LogP contribution in [0.2, 0.25) is 0 Å². The molecule has 0 aromatic heterocycles. The molecule has 1 aliphatic rings. The van der Waals surface area contributed by atoms with E-state index < -0.39 is 0 Å². The Morgan fingerprint density at radius 2 is 1.83 bits per heavy atom. The molecule has 2 aromatic rings. The number of hydrogen-bond donors (Lipinski definition) is 1. The van der Waals surface area contributed by atoms with E-state index in [9.17, 15) is 4.39 Å². The van der Waals surface area contributed by atoms with Gasteiger partial charge >= 0.3 is 7.05 Å². The van der Waals surface area contributed by atoms with E-state index in [-0.39, 0.29) is 18.9 Å². The van der Waals surface area contributed by atoms with E-state index in [1.54, 1.807) is 12.1 Å². The Labute approximate surface area is 106 Å². The summed E-state index contributed by atoms with van der Waals surface area (Å²) in [6.07, 6.45) is 0. The third-order valence-corrected chi connectivity index (χ3v) is 3.20. The van der Waals surface area contributed by atoms with Crippen molar-refractivity contribution in [1.29, 1.82) is 0 Å². The second kappa shape index (κ2) is 4.46. The zero-order valence-electron chi connectivity index (χ0n) is 10.1. The molecule has 3 rings (SSSR count). The zero-order valence-corrected chi connectivity index (χ0v) is 10.1. The van der Waals surface area contributed by atoms with Crippen molar-refractivity contribution in [2.24, 2.45) is 0 Å². The maximum atomic E-state index is 12.9. The van der Waals surface area contributed by atoms with Gasteiger partial charge in [0.25, 0.3) is 0 Å². The van der Waals surface area contributed by atoms with Gasteiger partial charge in [0.2, 0.25) is 0 Å². The number of nitrogens with one attached hydrogen (secondary N) is 1. The number of hydrogen-bond acceptors (Lipinski definition) is 2. The van der Waals surface area contributed by atoms with Gasteiger partial charge in [-0.15, -0.1) is 0 Å². The van der Waals surface area contributed by atoms with Crippen LogP contribution >= 0.6 is 0 Å². The van der Waals surface area contributed by atoms with Crippen LogP contribution in [0.15, 0.2) is 48.5 Å². The van der Waals surface area contributed by atoms with E-state index in [0.29, 0.717) is 0 Å². The van der Waals surface area contributed by atoms with Gasteiger partial charge in [0.05, 0.1) is 0 Å². The second-order valence-corrected chi connectivity index (χ2v) is 4.48. The third kappa shape index (κ3) is 2.00. The number of para-hydroxylation sites is 1. The molecular weight excluding hydrogens is 228 g/mol. The van der Waals surface area contributed by atoms with Gasteiger partial charge in [-0.3, -0.25) is 0 Å². The molecular formula is C14H13BFNO. The molecule has 4 heteroatoms. The molecule has 0 aliphatic carbocycles. The topological polar surface area (TPSA) is 21.3 Å². The standard InChI is InChI=1S/C14H13BFNO/c1-10-13-4-2-3-5-14(13)18-15(17-10)11-6-8-12(16)9-7-11/h2-10,17H,1H3. The summed E-state index contributed by atoms with van der Waals surface area (Å²) in [5.74, 6) is 0.654. The average molecular weight is 241 g/mol. The number of halogens is 1. The van der Waals surface area contributed by atoms with E-state index in [2.05, 4.69) is 12.2 Å². The van der Waals surface area contributed by atoms with Crippen LogP contribution in [-0.2, 0) is 0 Å². The predicted molar refractivity (Wildman–Crippen MR) is 70.4 cm³/mol. The number of rotatable bonds is 1. The first-order valence-electron chi connectivity index (χ1n) is 6.01. The van der Waals surface area contributed by atoms with E-state index >= 15 is 0 Å². The van der Waals surface area contributed by atoms with Crippen LogP contribution in [0.25, 0.3) is 0 Å². The first-order chi connectivity index (χ1) is 8.74. The molecule has 18 heavy (non-hydrogen) atoms. The van der Waals surface area contributed by atoms with Gasteiger partial charge < -0.3 is 9.88 Å². The largest absolute Gasteiger partial charge is 0.542 e. The molecule has 1 unspecified atom stereocenters. The van der Waals surface area contributed by atoms with Crippen molar-refractivity contribution in [1.82, 2.24) is 5.23 Å². The minimum Gasteiger partial charge on any atom is -0.542 e. The Kier molecular flexibility index (Phi) is 2.80. The third-order valence-electron chi connectivity index (χ3n) is 3.20. The fraction of sp³-hybridized carbons (Fsp3) is 0.143. The minimum atomic E-state index is -0.233. The Bertz CT molecular complexity index is 558. The van der Waals surface area contributed by atoms with Gasteiger partial charge in [-0.05, 0) is 30.6 Å². The summed E-state index contributed by atoms with van der Waals surface area (Å²) >= 11 is 0. The lowest BCUT2D eigenvalue weighted by molar-refractivity contribution is 0.492. The summed E-state index contributed by atoms with van der Waals surface area (Å²) in [4.78, 5) is 0. The summed E-state index contributed by atoms with van der Waals surface area (Å²) < 4.78 is 18.8. The SMILES string of the molecule is CC1NB(c2ccc(F)cc2)Oc2ccccc21. The summed E-state index contributed by atoms with van der Waals surface area (Å²) in [6.45, 7) is 2.10. The van der Waals surface area contributed by atoms with Crippen LogP contribution in [0.4, 0.5) is 4.39 Å². The normalized spacial score (nSPS) is 18.1. The van der Waals surface area contributed by atoms with Gasteiger partial charge in [-0.25, -0.2) is 4.39 Å². The van der Waals surface area contributed by atoms with Crippen LogP contribution in [0.5, 0.6) is 5.75 Å². The van der Waals surface area contributed by atoms with Crippen LogP contribution in [0.1, 0.15) is 18.5 Å². The van der Waals surface area contributed by atoms with E-state index in [1.807, 2.05) is 24.3 Å². The fourth-order valence-electron chi connectivity index (χ4n) is 2.23. The van der Waals surface area contributed by atoms with Crippen LogP contribution in [-0.4, -0.2) is 7.05 Å². The molecule has 0 spiro atoms. The van der Waals surface area contributed by atoms with Crippen LogP contribution < -0.4 is 15.3 Å². The lowest BCUT2D eigenvalue weighted by Gasteiger charge is -2.29. The molecule has 0 saturated carbocycles. The van der Waals surface area contributed by atoms with Crippen molar-refractivity contribution >= 4 is 12.5 Å². The van der Waals surface area contributed by atoms with Gasteiger partial charge in [0.15, 0.2) is 0 Å². The monoisotopic (exact) mass is 241 g/mol. The quantitative estimate of drug-likeness (QED) is 0.773. The number of fused-ring (bicyclic) bond motifs is 1. The van der Waals surface area contributed by atoms with Crippen molar-refractivity contribution in [2.45, 2.75) is 13.0 Å². The number of benzene rings is 2. The highest BCUT2D eigenvalue weighted by atomic mass is 19.1. The van der Waals surface area contributed by atoms with Crippen molar-refractivity contribution in [3.05, 3.63) is 59.9 Å². The molecule has 1 atom stereocenters. The summed E-state index contributed by atoms with van der Waals surface area (Å²) in [6, 6.07) is 14.6. The molecule has 1 N–H and O–H groups in total. The first kappa shape index (κ1) is 11.3. The van der Waals surface area contributed by atoms with Gasteiger partial charge in [0.1, 0.15) is 11.6 Å². The van der Waals surface area contributed by atoms with Crippen LogP contribution in [0.3, 0.4) is 0 Å². The summed E-state index contributed by atoms with van der Waals surface area (Å²) in [5.41, 5.74) is 2.08. The molecule has 0 bridgehead atoms.